The fourth-order valence-corrected chi connectivity index (χ4v) is 6.49. The van der Waals surface area contributed by atoms with Crippen molar-refractivity contribution >= 4 is 29.6 Å². The Kier molecular flexibility index (Phi) is 18.9. The fraction of sp³-hybridized carbons (Fsp3) is 0.512. The van der Waals surface area contributed by atoms with E-state index in [2.05, 4.69) is 16.1 Å². The zero-order valence-electron chi connectivity index (χ0n) is 34.2. The predicted molar refractivity (Wildman–Crippen MR) is 217 cm³/mol. The van der Waals surface area contributed by atoms with Gasteiger partial charge < -0.3 is 25.6 Å². The molecular formula is C43H61N5O9. The molecule has 312 valence electrons. The number of allylic oxidation sites excluding steroid dienone is 7. The number of hydrogen-bond acceptors (Lipinski definition) is 10. The standard InChI is InChI=1S/C43H61N5O9/c1-8-9-21-33-39(51)30(5)17-12-10-11-13-23-36(29(4)18-14-24-37(50)47(6)56-7)57-43(55)34-22-16-25-48(46-34)42(54)35(27-31-19-15-20-32(49)26-31)44-41(53)38(28(2)3)45-40(33)52/h8-15,18-20,24,26,28,30,33-36,38-39,46,49,51H,16-17,21-23,25,27H2,1-7H3,(H,44,53)(H,45,52)/t30-,33+,34?,35-,36-,38-,39+/m0/s1. The number of fused-ring (bicyclic) bond motifs is 2. The average Bonchev–Trinajstić information content (AvgIpc) is 3.19. The quantitative estimate of drug-likeness (QED) is 0.0806. The molecule has 1 fully saturated rings. The first-order valence-electron chi connectivity index (χ1n) is 19.6. The number of benzene rings is 1. The first-order chi connectivity index (χ1) is 27.2. The molecule has 1 aromatic carbocycles. The van der Waals surface area contributed by atoms with E-state index in [9.17, 15) is 34.2 Å². The van der Waals surface area contributed by atoms with E-state index in [0.29, 0.717) is 36.8 Å². The Hall–Kier alpha value is -5.05. The average molecular weight is 792 g/mol. The summed E-state index contributed by atoms with van der Waals surface area (Å²) < 4.78 is 6.04. The van der Waals surface area contributed by atoms with Crippen LogP contribution in [0, 0.1) is 17.8 Å². The van der Waals surface area contributed by atoms with Crippen LogP contribution >= 0.6 is 0 Å². The van der Waals surface area contributed by atoms with Crippen molar-refractivity contribution in [3.05, 3.63) is 90.1 Å². The number of aliphatic hydroxyl groups excluding tert-OH is 1. The summed E-state index contributed by atoms with van der Waals surface area (Å²) in [6.07, 6.45) is 15.6. The lowest BCUT2D eigenvalue weighted by Crippen LogP contribution is -2.62. The van der Waals surface area contributed by atoms with Crippen LogP contribution in [0.2, 0.25) is 0 Å². The van der Waals surface area contributed by atoms with Gasteiger partial charge in [0.2, 0.25) is 11.8 Å². The largest absolute Gasteiger partial charge is 0.508 e. The van der Waals surface area contributed by atoms with Crippen LogP contribution in [0.3, 0.4) is 0 Å². The minimum atomic E-state index is -1.15. The number of ether oxygens (including phenoxy) is 1. The molecule has 14 nitrogen and oxygen atoms in total. The number of nitrogens with one attached hydrogen (secondary N) is 3. The van der Waals surface area contributed by atoms with E-state index in [0.717, 1.165) is 5.06 Å². The summed E-state index contributed by atoms with van der Waals surface area (Å²) in [5.74, 6) is -4.13. The molecule has 2 bridgehead atoms. The highest BCUT2D eigenvalue weighted by Gasteiger charge is 2.37. The van der Waals surface area contributed by atoms with Gasteiger partial charge in [0.25, 0.3) is 11.8 Å². The van der Waals surface area contributed by atoms with Gasteiger partial charge in [-0.05, 0) is 74.6 Å². The number of hydrogen-bond donors (Lipinski definition) is 5. The Morgan fingerprint density at radius 2 is 1.82 bits per heavy atom. The van der Waals surface area contributed by atoms with Crippen LogP contribution < -0.4 is 16.1 Å². The third-order valence-corrected chi connectivity index (χ3v) is 10.1. The molecule has 4 amide bonds. The van der Waals surface area contributed by atoms with Crippen molar-refractivity contribution in [1.29, 1.82) is 0 Å². The predicted octanol–water partition coefficient (Wildman–Crippen LogP) is 3.98. The third kappa shape index (κ3) is 14.4. The van der Waals surface area contributed by atoms with Gasteiger partial charge in [0.1, 0.15) is 30.0 Å². The van der Waals surface area contributed by atoms with E-state index in [-0.39, 0.29) is 42.9 Å². The lowest BCUT2D eigenvalue weighted by molar-refractivity contribution is -0.162. The molecule has 57 heavy (non-hydrogen) atoms. The monoisotopic (exact) mass is 791 g/mol. The zero-order valence-corrected chi connectivity index (χ0v) is 34.2. The van der Waals surface area contributed by atoms with E-state index in [1.807, 2.05) is 44.2 Å². The van der Waals surface area contributed by atoms with Crippen LogP contribution in [-0.4, -0.2) is 101 Å². The van der Waals surface area contributed by atoms with Crippen LogP contribution in [0.5, 0.6) is 5.75 Å². The maximum atomic E-state index is 14.3. The number of amides is 4. The normalized spacial score (nSPS) is 26.5. The van der Waals surface area contributed by atoms with Crippen molar-refractivity contribution < 1.29 is 43.8 Å². The molecule has 1 saturated heterocycles. The zero-order chi connectivity index (χ0) is 42.1. The number of cyclic esters (lactones) is 1. The van der Waals surface area contributed by atoms with Crippen LogP contribution in [0.25, 0.3) is 0 Å². The molecule has 0 radical (unpaired) electrons. The maximum Gasteiger partial charge on any atom is 0.325 e. The third-order valence-electron chi connectivity index (χ3n) is 10.1. The van der Waals surface area contributed by atoms with Crippen molar-refractivity contribution in [2.45, 2.75) is 103 Å². The summed E-state index contributed by atoms with van der Waals surface area (Å²) in [5.41, 5.74) is 4.26. The van der Waals surface area contributed by atoms with Gasteiger partial charge in [-0.3, -0.25) is 33.8 Å². The number of carbonyl (C=O) groups excluding carboxylic acids is 5. The Morgan fingerprint density at radius 3 is 2.49 bits per heavy atom. The van der Waals surface area contributed by atoms with Crippen molar-refractivity contribution in [1.82, 2.24) is 26.1 Å². The first-order valence-corrected chi connectivity index (χ1v) is 19.6. The molecule has 7 atom stereocenters. The number of hydrazine groups is 1. The van der Waals surface area contributed by atoms with E-state index in [1.165, 1.54) is 37.4 Å². The molecule has 2 aliphatic heterocycles. The number of phenolic OH excluding ortho intramolecular Hbond substituents is 1. The van der Waals surface area contributed by atoms with E-state index in [1.54, 1.807) is 51.1 Å². The summed E-state index contributed by atoms with van der Waals surface area (Å²) in [7, 11) is 2.86. The van der Waals surface area contributed by atoms with Gasteiger partial charge in [0, 0.05) is 32.5 Å². The van der Waals surface area contributed by atoms with Crippen molar-refractivity contribution in [3.63, 3.8) is 0 Å². The lowest BCUT2D eigenvalue weighted by atomic mass is 9.86. The molecule has 14 heteroatoms. The number of aromatic hydroxyl groups is 1. The number of likely N-dealkylation sites (N-methyl/N-ethyl adjacent to an activating group) is 1. The molecule has 5 N–H and O–H groups in total. The molecule has 0 saturated carbocycles. The Morgan fingerprint density at radius 1 is 1.11 bits per heavy atom. The number of phenols is 1. The van der Waals surface area contributed by atoms with Crippen LogP contribution in [0.15, 0.2) is 84.5 Å². The topological polar surface area (TPSA) is 187 Å². The second kappa shape index (κ2) is 23.2. The molecule has 3 rings (SSSR count). The van der Waals surface area contributed by atoms with Gasteiger partial charge in [-0.15, -0.1) is 0 Å². The number of carbonyl (C=O) groups is 5. The molecule has 1 unspecified atom stereocenters. The Labute approximate surface area is 336 Å². The van der Waals surface area contributed by atoms with E-state index in [4.69, 9.17) is 9.57 Å². The molecular weight excluding hydrogens is 730 g/mol. The van der Waals surface area contributed by atoms with E-state index >= 15 is 0 Å². The Bertz CT molecular complexity index is 1690. The molecule has 0 spiro atoms. The highest BCUT2D eigenvalue weighted by atomic mass is 16.7. The Balaban J connectivity index is 2.04. The summed E-state index contributed by atoms with van der Waals surface area (Å²) in [5, 5.41) is 29.7. The van der Waals surface area contributed by atoms with Crippen LogP contribution in [-0.2, 0) is 40.0 Å². The fourth-order valence-electron chi connectivity index (χ4n) is 6.49. The van der Waals surface area contributed by atoms with Crippen molar-refractivity contribution in [3.8, 4) is 5.75 Å². The van der Waals surface area contributed by atoms with Gasteiger partial charge in [0.05, 0.1) is 19.1 Å². The maximum absolute atomic E-state index is 14.3. The number of hydroxylamine groups is 2. The second-order valence-electron chi connectivity index (χ2n) is 14.9. The highest BCUT2D eigenvalue weighted by molar-refractivity contribution is 5.93. The number of aliphatic hydroxyl groups is 1. The van der Waals surface area contributed by atoms with Gasteiger partial charge in [-0.2, -0.15) is 0 Å². The smallest absolute Gasteiger partial charge is 0.325 e. The van der Waals surface area contributed by atoms with Gasteiger partial charge in [-0.25, -0.2) is 10.5 Å². The summed E-state index contributed by atoms with van der Waals surface area (Å²) in [6.45, 7) is 9.27. The van der Waals surface area contributed by atoms with Gasteiger partial charge in [-0.1, -0.05) is 81.5 Å². The molecule has 2 aliphatic rings. The minimum Gasteiger partial charge on any atom is -0.508 e. The summed E-state index contributed by atoms with van der Waals surface area (Å²) >= 11 is 0. The lowest BCUT2D eigenvalue weighted by Gasteiger charge is -2.36. The van der Waals surface area contributed by atoms with Crippen molar-refractivity contribution in [2.24, 2.45) is 17.8 Å². The molecule has 1 aromatic rings. The number of nitrogens with zero attached hydrogens (tertiary/aromatic N) is 2. The second-order valence-corrected chi connectivity index (χ2v) is 14.9. The van der Waals surface area contributed by atoms with Crippen molar-refractivity contribution in [2.75, 3.05) is 20.7 Å². The highest BCUT2D eigenvalue weighted by Crippen LogP contribution is 2.23. The summed E-state index contributed by atoms with van der Waals surface area (Å²) in [6, 6.07) is 3.28. The SMILES string of the molecule is CC=CC[C@H]1C(=O)N[C@@H](C(C)C)C(=O)N[C@@H](Cc2cccc(O)c2)C(=O)N2CCCC(N2)C(=O)O[C@H](C(C)=CC=CC(=O)N(C)OC)CC=CC=CC[C@H](C)[C@H]1O. The molecule has 0 aromatic heterocycles. The summed E-state index contributed by atoms with van der Waals surface area (Å²) in [4.78, 5) is 73.1. The van der Waals surface area contributed by atoms with E-state index < -0.39 is 59.9 Å². The number of rotatable bonds is 9. The van der Waals surface area contributed by atoms with Crippen LogP contribution in [0.4, 0.5) is 0 Å². The molecule has 0 aliphatic carbocycles. The molecule has 2 heterocycles. The number of esters is 1. The van der Waals surface area contributed by atoms with Gasteiger partial charge in [0.15, 0.2) is 0 Å². The van der Waals surface area contributed by atoms with Crippen LogP contribution in [0.1, 0.15) is 72.3 Å². The minimum absolute atomic E-state index is 0.00723. The van der Waals surface area contributed by atoms with Gasteiger partial charge >= 0.3 is 5.97 Å². The first kappa shape index (κ1) is 46.3.